The van der Waals surface area contributed by atoms with Crippen molar-refractivity contribution in [2.75, 3.05) is 0 Å². The number of aromatic hydroxyl groups is 2. The van der Waals surface area contributed by atoms with E-state index in [1.165, 1.54) is 12.1 Å². The van der Waals surface area contributed by atoms with Crippen molar-refractivity contribution >= 4 is 11.6 Å². The molecule has 5 rings (SSSR count). The van der Waals surface area contributed by atoms with Gasteiger partial charge in [-0.25, -0.2) is 0 Å². The van der Waals surface area contributed by atoms with Crippen LogP contribution in [0, 0.1) is 17.3 Å². The number of carbonyl (C=O) groups excluding carboxylic acids is 2. The van der Waals surface area contributed by atoms with E-state index in [9.17, 15) is 19.8 Å². The van der Waals surface area contributed by atoms with Crippen molar-refractivity contribution in [1.29, 1.82) is 0 Å². The molecule has 0 amide bonds. The first kappa shape index (κ1) is 16.8. The zero-order chi connectivity index (χ0) is 18.6. The number of rotatable bonds is 3. The Morgan fingerprint density at radius 3 is 2.19 bits per heavy atom. The summed E-state index contributed by atoms with van der Waals surface area (Å²) >= 11 is 0. The van der Waals surface area contributed by atoms with Crippen LogP contribution in [-0.2, 0) is 4.79 Å². The summed E-state index contributed by atoms with van der Waals surface area (Å²) in [6, 6.07) is 11.6. The molecular weight excluding hydrogens is 328 g/mol. The van der Waals surface area contributed by atoms with E-state index in [0.717, 1.165) is 6.42 Å². The maximum absolute atomic E-state index is 12.6. The van der Waals surface area contributed by atoms with Gasteiger partial charge >= 0.3 is 0 Å². The summed E-state index contributed by atoms with van der Waals surface area (Å²) in [5.74, 6) is -0.142. The highest BCUT2D eigenvalue weighted by atomic mass is 16.3. The number of benzene rings is 2. The van der Waals surface area contributed by atoms with Crippen LogP contribution in [0.1, 0.15) is 54.1 Å². The average molecular weight is 350 g/mol. The quantitative estimate of drug-likeness (QED) is 0.819. The second kappa shape index (κ2) is 5.70. The minimum atomic E-state index is -0.258. The van der Waals surface area contributed by atoms with E-state index in [1.54, 1.807) is 24.3 Å². The van der Waals surface area contributed by atoms with Gasteiger partial charge in [0.15, 0.2) is 5.78 Å². The van der Waals surface area contributed by atoms with Gasteiger partial charge in [0, 0.05) is 34.9 Å². The van der Waals surface area contributed by atoms with Gasteiger partial charge in [-0.15, -0.1) is 0 Å². The van der Waals surface area contributed by atoms with Crippen molar-refractivity contribution in [1.82, 2.24) is 0 Å². The lowest BCUT2D eigenvalue weighted by atomic mass is 9.44. The van der Waals surface area contributed by atoms with Gasteiger partial charge in [0.05, 0.1) is 0 Å². The van der Waals surface area contributed by atoms with Crippen LogP contribution in [0.3, 0.4) is 0 Å². The lowest BCUT2D eigenvalue weighted by Crippen LogP contribution is -2.56. The molecule has 26 heavy (non-hydrogen) atoms. The van der Waals surface area contributed by atoms with Crippen LogP contribution in [0.25, 0.3) is 0 Å². The Kier molecular flexibility index (Phi) is 3.69. The average Bonchev–Trinajstić information content (AvgIpc) is 2.60. The van der Waals surface area contributed by atoms with Crippen LogP contribution in [-0.4, -0.2) is 21.8 Å². The fraction of sp³-hybridized carbons (Fsp3) is 0.364. The van der Waals surface area contributed by atoms with E-state index in [2.05, 4.69) is 13.8 Å². The van der Waals surface area contributed by atoms with Gasteiger partial charge in [-0.3, -0.25) is 9.59 Å². The summed E-state index contributed by atoms with van der Waals surface area (Å²) in [5, 5.41) is 21.2. The molecule has 0 heterocycles. The molecule has 4 nitrogen and oxygen atoms in total. The van der Waals surface area contributed by atoms with Crippen LogP contribution in [0.4, 0.5) is 0 Å². The Morgan fingerprint density at radius 2 is 1.65 bits per heavy atom. The van der Waals surface area contributed by atoms with Crippen molar-refractivity contribution in [3.05, 3.63) is 59.2 Å². The molecule has 0 aromatic heterocycles. The molecule has 2 aromatic rings. The van der Waals surface area contributed by atoms with Crippen LogP contribution in [0.2, 0.25) is 0 Å². The molecule has 0 spiro atoms. The topological polar surface area (TPSA) is 74.6 Å². The van der Waals surface area contributed by atoms with Crippen molar-refractivity contribution < 1.29 is 19.8 Å². The first-order valence-electron chi connectivity index (χ1n) is 8.99. The molecule has 0 radical (unpaired) electrons. The molecule has 0 saturated heterocycles. The highest BCUT2D eigenvalue weighted by Gasteiger charge is 2.59. The molecule has 134 valence electrons. The number of phenolic OH excluding ortho intramolecular Hbond substituents is 2. The summed E-state index contributed by atoms with van der Waals surface area (Å²) in [6.45, 7) is 4.16. The first-order chi connectivity index (χ1) is 12.3. The highest BCUT2D eigenvalue weighted by molar-refractivity contribution is 6.09. The fourth-order valence-corrected chi connectivity index (χ4v) is 4.88. The molecule has 2 unspecified atom stereocenters. The van der Waals surface area contributed by atoms with Crippen LogP contribution in [0.15, 0.2) is 42.5 Å². The Balaban J connectivity index is 1.71. The maximum atomic E-state index is 12.6. The molecule has 2 N–H and O–H groups in total. The van der Waals surface area contributed by atoms with E-state index < -0.39 is 0 Å². The van der Waals surface area contributed by atoms with Crippen molar-refractivity contribution in [3.8, 4) is 11.5 Å². The summed E-state index contributed by atoms with van der Waals surface area (Å²) < 4.78 is 0. The standard InChI is InChI=1S/C22H22O4/c1-22(2)15-11-16(22)17(23)10-14(15)20-18(24)8-13(9-19(20)25)21(26)12-6-4-3-5-7-12/h3-9,14-16,24-25H,10-11H2,1-2H3/t14-,15?,16?/m1/s1. The molecule has 2 aromatic carbocycles. The van der Waals surface area contributed by atoms with Crippen molar-refractivity contribution in [2.45, 2.75) is 32.6 Å². The Morgan fingerprint density at radius 1 is 1.04 bits per heavy atom. The highest BCUT2D eigenvalue weighted by Crippen LogP contribution is 2.64. The number of carbonyl (C=O) groups is 2. The molecular formula is C22H22O4. The van der Waals surface area contributed by atoms with E-state index in [-0.39, 0.29) is 51.8 Å². The number of phenols is 2. The fourth-order valence-electron chi connectivity index (χ4n) is 4.88. The predicted octanol–water partition coefficient (Wildman–Crippen LogP) is 4.05. The first-order valence-corrected chi connectivity index (χ1v) is 8.99. The zero-order valence-corrected chi connectivity index (χ0v) is 14.9. The molecule has 3 fully saturated rings. The summed E-state index contributed by atoms with van der Waals surface area (Å²) in [4.78, 5) is 25.0. The van der Waals surface area contributed by atoms with Gasteiger partial charge in [-0.05, 0) is 29.9 Å². The van der Waals surface area contributed by atoms with E-state index in [1.807, 2.05) is 6.07 Å². The largest absolute Gasteiger partial charge is 0.507 e. The van der Waals surface area contributed by atoms with Gasteiger partial charge < -0.3 is 10.2 Å². The normalized spacial score (nSPS) is 26.2. The zero-order valence-electron chi connectivity index (χ0n) is 14.9. The third-order valence-electron chi connectivity index (χ3n) is 6.44. The minimum Gasteiger partial charge on any atom is -0.507 e. The van der Waals surface area contributed by atoms with Crippen LogP contribution in [0.5, 0.6) is 11.5 Å². The van der Waals surface area contributed by atoms with E-state index >= 15 is 0 Å². The smallest absolute Gasteiger partial charge is 0.193 e. The van der Waals surface area contributed by atoms with Gasteiger partial charge in [0.2, 0.25) is 0 Å². The molecule has 2 bridgehead atoms. The Labute approximate surface area is 152 Å². The number of fused-ring (bicyclic) bond motifs is 2. The lowest BCUT2D eigenvalue weighted by Gasteiger charge is -2.59. The molecule has 4 heteroatoms. The minimum absolute atomic E-state index is 0.0898. The number of hydrogen-bond acceptors (Lipinski definition) is 4. The van der Waals surface area contributed by atoms with Gasteiger partial charge in [-0.2, -0.15) is 0 Å². The molecule has 3 atom stereocenters. The monoisotopic (exact) mass is 350 g/mol. The second-order valence-corrected chi connectivity index (χ2v) is 8.12. The van der Waals surface area contributed by atoms with Gasteiger partial charge in [0.1, 0.15) is 17.3 Å². The number of ketones is 2. The predicted molar refractivity (Wildman–Crippen MR) is 97.4 cm³/mol. The SMILES string of the molecule is CC1(C)C2CC1[C@H](c1c(O)cc(C(=O)c3ccccc3)cc1O)CC2=O. The Bertz CT molecular complexity index is 875. The number of Topliss-reactive ketones (excluding diaryl/α,β-unsaturated/α-hetero) is 1. The van der Waals surface area contributed by atoms with Crippen molar-refractivity contribution in [2.24, 2.45) is 17.3 Å². The summed E-state index contributed by atoms with van der Waals surface area (Å²) in [6.07, 6.45) is 1.14. The molecule has 3 aliphatic carbocycles. The third-order valence-corrected chi connectivity index (χ3v) is 6.44. The third kappa shape index (κ3) is 2.36. The van der Waals surface area contributed by atoms with Gasteiger partial charge in [0.25, 0.3) is 0 Å². The summed E-state index contributed by atoms with van der Waals surface area (Å²) in [5.41, 5.74) is 1.02. The molecule has 0 aliphatic heterocycles. The second-order valence-electron chi connectivity index (χ2n) is 8.12. The Hall–Kier alpha value is -2.62. The maximum Gasteiger partial charge on any atom is 0.193 e. The molecule has 3 saturated carbocycles. The number of hydrogen-bond donors (Lipinski definition) is 2. The van der Waals surface area contributed by atoms with Crippen molar-refractivity contribution in [3.63, 3.8) is 0 Å². The van der Waals surface area contributed by atoms with E-state index in [4.69, 9.17) is 0 Å². The van der Waals surface area contributed by atoms with Crippen LogP contribution >= 0.6 is 0 Å². The van der Waals surface area contributed by atoms with Gasteiger partial charge in [-0.1, -0.05) is 44.2 Å². The lowest BCUT2D eigenvalue weighted by molar-refractivity contribution is -0.151. The van der Waals surface area contributed by atoms with E-state index in [0.29, 0.717) is 17.5 Å². The summed E-state index contributed by atoms with van der Waals surface area (Å²) in [7, 11) is 0. The molecule has 3 aliphatic rings. The van der Waals surface area contributed by atoms with Crippen LogP contribution < -0.4 is 0 Å².